The summed E-state index contributed by atoms with van der Waals surface area (Å²) >= 11 is 0. The highest BCUT2D eigenvalue weighted by molar-refractivity contribution is 5.95. The molecular formula is C28H31FN2O3. The number of carboxylic acids is 1. The van der Waals surface area contributed by atoms with Gasteiger partial charge in [-0.1, -0.05) is 19.1 Å². The molecule has 6 heteroatoms. The Morgan fingerprint density at radius 2 is 2.09 bits per heavy atom. The molecule has 34 heavy (non-hydrogen) atoms. The van der Waals surface area contributed by atoms with Crippen LogP contribution < -0.4 is 5.32 Å². The molecule has 2 N–H and O–H groups in total. The van der Waals surface area contributed by atoms with Crippen molar-refractivity contribution in [3.05, 3.63) is 70.8 Å². The molecule has 0 aliphatic heterocycles. The van der Waals surface area contributed by atoms with E-state index in [-0.39, 0.29) is 23.6 Å². The van der Waals surface area contributed by atoms with Gasteiger partial charge in [0.1, 0.15) is 5.82 Å². The molecule has 178 valence electrons. The summed E-state index contributed by atoms with van der Waals surface area (Å²) in [6.45, 7) is 4.05. The van der Waals surface area contributed by atoms with E-state index in [1.807, 2.05) is 12.1 Å². The average molecular weight is 463 g/mol. The number of carboxylic acid groups (broad SMARTS) is 1. The van der Waals surface area contributed by atoms with Crippen molar-refractivity contribution in [2.75, 3.05) is 0 Å². The number of nitrogens with zero attached hydrogens (tertiary/aromatic N) is 1. The summed E-state index contributed by atoms with van der Waals surface area (Å²) < 4.78 is 13.9. The van der Waals surface area contributed by atoms with Crippen molar-refractivity contribution in [1.82, 2.24) is 10.3 Å². The van der Waals surface area contributed by atoms with Gasteiger partial charge >= 0.3 is 5.97 Å². The number of aliphatic carboxylic acids is 1. The van der Waals surface area contributed by atoms with Gasteiger partial charge in [-0.3, -0.25) is 14.6 Å². The molecule has 1 amide bonds. The van der Waals surface area contributed by atoms with Crippen molar-refractivity contribution in [3.8, 4) is 0 Å². The zero-order valence-electron chi connectivity index (χ0n) is 19.7. The molecule has 2 aromatic rings. The van der Waals surface area contributed by atoms with Crippen molar-refractivity contribution in [1.29, 1.82) is 0 Å². The molecule has 5 atom stereocenters. The van der Waals surface area contributed by atoms with Crippen LogP contribution in [0.5, 0.6) is 0 Å². The summed E-state index contributed by atoms with van der Waals surface area (Å²) in [5.41, 5.74) is 5.38. The largest absolute Gasteiger partial charge is 0.481 e. The van der Waals surface area contributed by atoms with Crippen LogP contribution in [-0.2, 0) is 11.2 Å². The highest BCUT2D eigenvalue weighted by Crippen LogP contribution is 2.63. The lowest BCUT2D eigenvalue weighted by Gasteiger charge is -2.50. The van der Waals surface area contributed by atoms with Crippen LogP contribution in [0, 0.1) is 23.1 Å². The number of hydrogen-bond acceptors (Lipinski definition) is 3. The van der Waals surface area contributed by atoms with Crippen molar-refractivity contribution in [2.24, 2.45) is 17.3 Å². The van der Waals surface area contributed by atoms with Crippen LogP contribution in [0.25, 0.3) is 5.57 Å². The maximum Gasteiger partial charge on any atom is 0.305 e. The first kappa shape index (κ1) is 22.8. The number of carbonyl (C=O) groups excluding carboxylic acids is 1. The molecule has 3 unspecified atom stereocenters. The van der Waals surface area contributed by atoms with E-state index < -0.39 is 12.0 Å². The molecule has 3 aliphatic rings. The SMILES string of the molecule is C[C@H](CC(=O)O)NC(=O)c1ccc2c(c1)CCC1C2CC[C@]2(C)C(c3cncc(F)c3)=CCC12. The number of fused-ring (bicyclic) bond motifs is 5. The zero-order valence-corrected chi connectivity index (χ0v) is 19.7. The third-order valence-corrected chi connectivity index (χ3v) is 8.44. The van der Waals surface area contributed by atoms with E-state index in [1.165, 1.54) is 22.9 Å². The molecule has 0 radical (unpaired) electrons. The molecule has 1 fully saturated rings. The molecule has 1 heterocycles. The Morgan fingerprint density at radius 1 is 1.26 bits per heavy atom. The fourth-order valence-corrected chi connectivity index (χ4v) is 6.92. The fourth-order valence-electron chi connectivity index (χ4n) is 6.92. The fraction of sp³-hybridized carbons (Fsp3) is 0.464. The number of halogens is 1. The Bertz CT molecular complexity index is 1180. The van der Waals surface area contributed by atoms with Crippen LogP contribution >= 0.6 is 0 Å². The van der Waals surface area contributed by atoms with E-state index in [4.69, 9.17) is 5.11 Å². The number of allylic oxidation sites excluding steroid dienone is 2. The lowest BCUT2D eigenvalue weighted by Crippen LogP contribution is -2.41. The smallest absolute Gasteiger partial charge is 0.305 e. The van der Waals surface area contributed by atoms with Gasteiger partial charge in [0.15, 0.2) is 0 Å². The molecule has 0 saturated heterocycles. The third kappa shape index (κ3) is 3.93. The zero-order chi connectivity index (χ0) is 24.0. The maximum atomic E-state index is 13.9. The minimum atomic E-state index is -0.924. The van der Waals surface area contributed by atoms with Gasteiger partial charge < -0.3 is 10.4 Å². The lowest BCUT2D eigenvalue weighted by atomic mass is 9.54. The van der Waals surface area contributed by atoms with E-state index in [9.17, 15) is 14.0 Å². The summed E-state index contributed by atoms with van der Waals surface area (Å²) in [6, 6.07) is 7.19. The summed E-state index contributed by atoms with van der Waals surface area (Å²) in [6.07, 6.45) is 10.4. The predicted molar refractivity (Wildman–Crippen MR) is 128 cm³/mol. The number of aromatic nitrogens is 1. The predicted octanol–water partition coefficient (Wildman–Crippen LogP) is 5.36. The number of nitrogens with one attached hydrogen (secondary N) is 1. The summed E-state index contributed by atoms with van der Waals surface area (Å²) in [5, 5.41) is 11.7. The van der Waals surface area contributed by atoms with Gasteiger partial charge in [0.2, 0.25) is 0 Å². The number of hydrogen-bond donors (Lipinski definition) is 2. The van der Waals surface area contributed by atoms with Crippen LogP contribution in [0.15, 0.2) is 42.7 Å². The Balaban J connectivity index is 1.35. The standard InChI is InChI=1S/C28H31FN2O3/c1-16(11-26(32)33)31-27(34)18-4-5-21-17(12-18)3-6-23-22(21)9-10-28(2)24(7-8-25(23)28)19-13-20(29)15-30-14-19/h4-5,7,12-16,22-23,25H,3,6,8-11H2,1-2H3,(H,31,34)(H,32,33)/t16-,22?,23?,25?,28-/m1/s1. The normalized spacial score (nSPS) is 28.2. The number of benzene rings is 1. The molecule has 0 spiro atoms. The molecule has 1 saturated carbocycles. The van der Waals surface area contributed by atoms with E-state index >= 15 is 0 Å². The van der Waals surface area contributed by atoms with E-state index in [2.05, 4.69) is 29.4 Å². The Hall–Kier alpha value is -3.02. The summed E-state index contributed by atoms with van der Waals surface area (Å²) in [5.74, 6) is 0.135. The maximum absolute atomic E-state index is 13.9. The molecule has 3 aliphatic carbocycles. The Labute approximate surface area is 199 Å². The van der Waals surface area contributed by atoms with Gasteiger partial charge in [-0.2, -0.15) is 0 Å². The first-order chi connectivity index (χ1) is 16.3. The number of rotatable bonds is 5. The van der Waals surface area contributed by atoms with Gasteiger partial charge in [0, 0.05) is 17.8 Å². The van der Waals surface area contributed by atoms with Crippen molar-refractivity contribution >= 4 is 17.4 Å². The van der Waals surface area contributed by atoms with E-state index in [0.717, 1.165) is 37.7 Å². The van der Waals surface area contributed by atoms with Crippen LogP contribution in [0.1, 0.15) is 78.9 Å². The molecular weight excluding hydrogens is 431 g/mol. The first-order valence-corrected chi connectivity index (χ1v) is 12.2. The third-order valence-electron chi connectivity index (χ3n) is 8.44. The Kier molecular flexibility index (Phi) is 5.78. The molecule has 1 aromatic carbocycles. The number of amides is 1. The molecule has 5 nitrogen and oxygen atoms in total. The van der Waals surface area contributed by atoms with Crippen LogP contribution in [0.3, 0.4) is 0 Å². The van der Waals surface area contributed by atoms with Crippen LogP contribution in [-0.4, -0.2) is 28.0 Å². The van der Waals surface area contributed by atoms with E-state index in [1.54, 1.807) is 19.2 Å². The Morgan fingerprint density at radius 3 is 2.85 bits per heavy atom. The van der Waals surface area contributed by atoms with Crippen LogP contribution in [0.4, 0.5) is 4.39 Å². The van der Waals surface area contributed by atoms with Crippen molar-refractivity contribution < 1.29 is 19.1 Å². The second-order valence-electron chi connectivity index (χ2n) is 10.5. The molecule has 5 rings (SSSR count). The number of aryl methyl sites for hydroxylation is 1. The highest BCUT2D eigenvalue weighted by atomic mass is 19.1. The van der Waals surface area contributed by atoms with Gasteiger partial charge in [-0.25, -0.2) is 4.39 Å². The van der Waals surface area contributed by atoms with Gasteiger partial charge in [-0.05, 0) is 103 Å². The monoisotopic (exact) mass is 462 g/mol. The second-order valence-corrected chi connectivity index (χ2v) is 10.5. The quantitative estimate of drug-likeness (QED) is 0.627. The second kappa shape index (κ2) is 8.64. The number of carbonyl (C=O) groups is 2. The van der Waals surface area contributed by atoms with Crippen LogP contribution in [0.2, 0.25) is 0 Å². The summed E-state index contributed by atoms with van der Waals surface area (Å²) in [7, 11) is 0. The molecule has 1 aromatic heterocycles. The molecule has 0 bridgehead atoms. The first-order valence-electron chi connectivity index (χ1n) is 12.2. The van der Waals surface area contributed by atoms with Gasteiger partial charge in [-0.15, -0.1) is 0 Å². The minimum Gasteiger partial charge on any atom is -0.481 e. The lowest BCUT2D eigenvalue weighted by molar-refractivity contribution is -0.137. The van der Waals surface area contributed by atoms with Gasteiger partial charge in [0.05, 0.1) is 12.6 Å². The van der Waals surface area contributed by atoms with Crippen molar-refractivity contribution in [2.45, 2.75) is 64.3 Å². The minimum absolute atomic E-state index is 0.0360. The summed E-state index contributed by atoms with van der Waals surface area (Å²) in [4.78, 5) is 27.6. The topological polar surface area (TPSA) is 79.3 Å². The van der Waals surface area contributed by atoms with Crippen molar-refractivity contribution in [3.63, 3.8) is 0 Å². The van der Waals surface area contributed by atoms with E-state index in [0.29, 0.717) is 23.3 Å². The number of pyridine rings is 1. The van der Waals surface area contributed by atoms with Gasteiger partial charge in [0.25, 0.3) is 5.91 Å². The average Bonchev–Trinajstić information content (AvgIpc) is 3.15. The highest BCUT2D eigenvalue weighted by Gasteiger charge is 2.52.